The van der Waals surface area contributed by atoms with Crippen LogP contribution < -0.4 is 16.2 Å². The van der Waals surface area contributed by atoms with Gasteiger partial charge >= 0.3 is 0 Å². The molecule has 58 valence electrons. The summed E-state index contributed by atoms with van der Waals surface area (Å²) in [5.41, 5.74) is 6.37. The average molecular weight is 141 g/mol. The molecule has 0 radical (unpaired) electrons. The Morgan fingerprint density at radius 1 is 1.10 bits per heavy atom. The Morgan fingerprint density at radius 2 is 2.00 bits per heavy atom. The van der Waals surface area contributed by atoms with Gasteiger partial charge in [-0.15, -0.1) is 0 Å². The minimum absolute atomic E-state index is 0.731. The number of piperidine rings is 1. The summed E-state index contributed by atoms with van der Waals surface area (Å²) in [6.07, 6.45) is 2.75. The lowest BCUT2D eigenvalue weighted by Gasteiger charge is -2.36. The molecule has 2 aliphatic heterocycles. The first-order valence-electron chi connectivity index (χ1n) is 4.16. The SMILES string of the molecule is C1CNC2CNNCC2C1. The molecule has 2 atom stereocenters. The maximum Gasteiger partial charge on any atom is 0.0257 e. The lowest BCUT2D eigenvalue weighted by atomic mass is 9.90. The van der Waals surface area contributed by atoms with Crippen LogP contribution in [-0.2, 0) is 0 Å². The van der Waals surface area contributed by atoms with Gasteiger partial charge in [0, 0.05) is 19.1 Å². The Labute approximate surface area is 61.5 Å². The molecule has 2 fully saturated rings. The molecular formula is C7H15N3. The standard InChI is InChI=1S/C7H15N3/c1-2-6-4-9-10-5-7(6)8-3-1/h6-10H,1-5H2. The molecule has 0 saturated carbocycles. The summed E-state index contributed by atoms with van der Waals surface area (Å²) < 4.78 is 0. The fraction of sp³-hybridized carbons (Fsp3) is 1.00. The Morgan fingerprint density at radius 3 is 2.90 bits per heavy atom. The second-order valence-electron chi connectivity index (χ2n) is 3.22. The van der Waals surface area contributed by atoms with Gasteiger partial charge in [0.2, 0.25) is 0 Å². The van der Waals surface area contributed by atoms with Gasteiger partial charge in [-0.3, -0.25) is 10.9 Å². The van der Waals surface area contributed by atoms with Crippen molar-refractivity contribution in [1.82, 2.24) is 16.2 Å². The molecule has 3 nitrogen and oxygen atoms in total. The molecule has 3 N–H and O–H groups in total. The van der Waals surface area contributed by atoms with E-state index >= 15 is 0 Å². The summed E-state index contributed by atoms with van der Waals surface area (Å²) in [6, 6.07) is 0.731. The van der Waals surface area contributed by atoms with E-state index in [9.17, 15) is 0 Å². The van der Waals surface area contributed by atoms with Crippen molar-refractivity contribution in [1.29, 1.82) is 0 Å². The highest BCUT2D eigenvalue weighted by atomic mass is 15.4. The largest absolute Gasteiger partial charge is 0.312 e. The zero-order valence-electron chi connectivity index (χ0n) is 6.19. The molecule has 0 aliphatic carbocycles. The Kier molecular flexibility index (Phi) is 1.88. The monoisotopic (exact) mass is 141 g/mol. The molecule has 0 aromatic carbocycles. The third-order valence-corrected chi connectivity index (χ3v) is 2.54. The van der Waals surface area contributed by atoms with E-state index < -0.39 is 0 Å². The van der Waals surface area contributed by atoms with Crippen molar-refractivity contribution in [3.63, 3.8) is 0 Å². The van der Waals surface area contributed by atoms with Gasteiger partial charge in [0.05, 0.1) is 0 Å². The van der Waals surface area contributed by atoms with Crippen molar-refractivity contribution in [3.05, 3.63) is 0 Å². The van der Waals surface area contributed by atoms with E-state index in [2.05, 4.69) is 16.2 Å². The minimum atomic E-state index is 0.731. The van der Waals surface area contributed by atoms with Gasteiger partial charge in [0.1, 0.15) is 0 Å². The molecule has 0 spiro atoms. The second-order valence-corrected chi connectivity index (χ2v) is 3.22. The quantitative estimate of drug-likeness (QED) is 0.424. The maximum atomic E-state index is 3.52. The molecule has 0 bridgehead atoms. The van der Waals surface area contributed by atoms with Crippen molar-refractivity contribution in [3.8, 4) is 0 Å². The summed E-state index contributed by atoms with van der Waals surface area (Å²) in [7, 11) is 0. The van der Waals surface area contributed by atoms with Gasteiger partial charge < -0.3 is 5.32 Å². The van der Waals surface area contributed by atoms with Gasteiger partial charge in [-0.1, -0.05) is 0 Å². The molecule has 2 aliphatic rings. The molecule has 10 heavy (non-hydrogen) atoms. The zero-order valence-corrected chi connectivity index (χ0v) is 6.19. The van der Waals surface area contributed by atoms with Gasteiger partial charge in [0.15, 0.2) is 0 Å². The van der Waals surface area contributed by atoms with Crippen molar-refractivity contribution in [2.45, 2.75) is 18.9 Å². The molecule has 3 heteroatoms. The van der Waals surface area contributed by atoms with Gasteiger partial charge in [-0.05, 0) is 25.3 Å². The van der Waals surface area contributed by atoms with Crippen molar-refractivity contribution in [2.75, 3.05) is 19.6 Å². The number of hydrogen-bond donors (Lipinski definition) is 3. The van der Waals surface area contributed by atoms with Gasteiger partial charge in [0.25, 0.3) is 0 Å². The predicted octanol–water partition coefficient (Wildman–Crippen LogP) is -0.538. The van der Waals surface area contributed by atoms with E-state index in [0.29, 0.717) is 0 Å². The molecule has 2 rings (SSSR count). The molecule has 2 unspecified atom stereocenters. The van der Waals surface area contributed by atoms with E-state index in [1.807, 2.05) is 0 Å². The Bertz CT molecular complexity index is 89.4. The van der Waals surface area contributed by atoms with Crippen molar-refractivity contribution in [2.24, 2.45) is 5.92 Å². The number of hydrogen-bond acceptors (Lipinski definition) is 3. The lowest BCUT2D eigenvalue weighted by Crippen LogP contribution is -2.58. The molecular weight excluding hydrogens is 126 g/mol. The van der Waals surface area contributed by atoms with Crippen molar-refractivity contribution >= 4 is 0 Å². The van der Waals surface area contributed by atoms with Crippen molar-refractivity contribution < 1.29 is 0 Å². The van der Waals surface area contributed by atoms with Gasteiger partial charge in [-0.25, -0.2) is 0 Å². The highest BCUT2D eigenvalue weighted by Crippen LogP contribution is 2.16. The van der Waals surface area contributed by atoms with Crippen LogP contribution in [0.5, 0.6) is 0 Å². The molecule has 2 heterocycles. The van der Waals surface area contributed by atoms with E-state index in [4.69, 9.17) is 0 Å². The molecule has 2 saturated heterocycles. The van der Waals surface area contributed by atoms with Crippen LogP contribution in [0.2, 0.25) is 0 Å². The summed E-state index contributed by atoms with van der Waals surface area (Å²) in [6.45, 7) is 3.44. The zero-order chi connectivity index (χ0) is 6.81. The smallest absolute Gasteiger partial charge is 0.0257 e. The fourth-order valence-electron chi connectivity index (χ4n) is 1.89. The van der Waals surface area contributed by atoms with E-state index in [0.717, 1.165) is 25.0 Å². The first kappa shape index (κ1) is 6.58. The van der Waals surface area contributed by atoms with Crippen LogP contribution in [0.1, 0.15) is 12.8 Å². The minimum Gasteiger partial charge on any atom is -0.312 e. The summed E-state index contributed by atoms with van der Waals surface area (Å²) in [5.74, 6) is 0.870. The lowest BCUT2D eigenvalue weighted by molar-refractivity contribution is 0.209. The third-order valence-electron chi connectivity index (χ3n) is 2.54. The first-order chi connectivity index (χ1) is 4.97. The molecule has 0 aromatic heterocycles. The Balaban J connectivity index is 1.93. The maximum absolute atomic E-state index is 3.52. The number of hydrazine groups is 1. The summed E-state index contributed by atoms with van der Waals surface area (Å²) in [5, 5.41) is 3.52. The topological polar surface area (TPSA) is 36.1 Å². The van der Waals surface area contributed by atoms with Crippen LogP contribution in [-0.4, -0.2) is 25.7 Å². The van der Waals surface area contributed by atoms with Crippen LogP contribution >= 0.6 is 0 Å². The molecule has 0 aromatic rings. The van der Waals surface area contributed by atoms with Crippen LogP contribution in [0, 0.1) is 5.92 Å². The Hall–Kier alpha value is -0.120. The number of rotatable bonds is 0. The van der Waals surface area contributed by atoms with Crippen LogP contribution in [0.4, 0.5) is 0 Å². The fourth-order valence-corrected chi connectivity index (χ4v) is 1.89. The summed E-state index contributed by atoms with van der Waals surface area (Å²) >= 11 is 0. The highest BCUT2D eigenvalue weighted by Gasteiger charge is 2.26. The normalized spacial score (nSPS) is 40.8. The third kappa shape index (κ3) is 1.17. The molecule has 0 amide bonds. The van der Waals surface area contributed by atoms with Crippen LogP contribution in [0.25, 0.3) is 0 Å². The van der Waals surface area contributed by atoms with E-state index in [1.165, 1.54) is 19.4 Å². The summed E-state index contributed by atoms with van der Waals surface area (Å²) in [4.78, 5) is 0. The highest BCUT2D eigenvalue weighted by molar-refractivity contribution is 4.86. The van der Waals surface area contributed by atoms with Crippen LogP contribution in [0.3, 0.4) is 0 Å². The van der Waals surface area contributed by atoms with Crippen LogP contribution in [0.15, 0.2) is 0 Å². The number of nitrogens with one attached hydrogen (secondary N) is 3. The van der Waals surface area contributed by atoms with E-state index in [1.54, 1.807) is 0 Å². The second kappa shape index (κ2) is 2.86. The van der Waals surface area contributed by atoms with Gasteiger partial charge in [-0.2, -0.15) is 0 Å². The van der Waals surface area contributed by atoms with E-state index in [-0.39, 0.29) is 0 Å². The number of fused-ring (bicyclic) bond motifs is 1. The first-order valence-corrected chi connectivity index (χ1v) is 4.16. The predicted molar refractivity (Wildman–Crippen MR) is 40.5 cm³/mol. The average Bonchev–Trinajstić information content (AvgIpc) is 2.05.